The van der Waals surface area contributed by atoms with Crippen LogP contribution in [0.25, 0.3) is 6.08 Å². The number of fused-ring (bicyclic) bond motifs is 1. The molecule has 0 saturated heterocycles. The van der Waals surface area contributed by atoms with Gasteiger partial charge < -0.3 is 9.47 Å². The molecule has 0 aromatic heterocycles. The summed E-state index contributed by atoms with van der Waals surface area (Å²) >= 11 is 10.4. The average molecular weight is 503 g/mol. The first kappa shape index (κ1) is 16.7. The normalized spacial score (nSPS) is 16.2. The summed E-state index contributed by atoms with van der Waals surface area (Å²) in [6, 6.07) is 11.5. The molecule has 23 heavy (non-hydrogen) atoms. The summed E-state index contributed by atoms with van der Waals surface area (Å²) in [4.78, 5) is 12.2. The van der Waals surface area contributed by atoms with E-state index in [9.17, 15) is 4.79 Å². The topological polar surface area (TPSA) is 35.5 Å². The summed E-state index contributed by atoms with van der Waals surface area (Å²) in [7, 11) is 1.37. The van der Waals surface area contributed by atoms with Gasteiger partial charge in [-0.2, -0.15) is 0 Å². The predicted octanol–water partition coefficient (Wildman–Crippen LogP) is 5.66. The number of hydrogen-bond donors (Lipinski definition) is 0. The summed E-state index contributed by atoms with van der Waals surface area (Å²) in [6.07, 6.45) is 1.30. The summed E-state index contributed by atoms with van der Waals surface area (Å²) in [5.74, 6) is 0.299. The number of carbonyl (C=O) groups excluding carboxylic acids is 1. The van der Waals surface area contributed by atoms with Gasteiger partial charge in [0.2, 0.25) is 0 Å². The largest absolute Gasteiger partial charge is 0.479 e. The number of rotatable bonds is 2. The lowest BCUT2D eigenvalue weighted by atomic mass is 9.96. The van der Waals surface area contributed by atoms with Gasteiger partial charge >= 0.3 is 5.97 Å². The maximum atomic E-state index is 12.2. The van der Waals surface area contributed by atoms with E-state index in [2.05, 4.69) is 47.8 Å². The van der Waals surface area contributed by atoms with Crippen LogP contribution in [0.2, 0.25) is 0 Å². The van der Waals surface area contributed by atoms with E-state index in [0.29, 0.717) is 11.3 Å². The van der Waals surface area contributed by atoms with Gasteiger partial charge in [-0.3, -0.25) is 0 Å². The molecular weight excluding hydrogens is 492 g/mol. The van der Waals surface area contributed by atoms with Crippen molar-refractivity contribution in [3.05, 3.63) is 66.5 Å². The zero-order valence-electron chi connectivity index (χ0n) is 12.0. The molecule has 0 N–H and O–H groups in total. The quantitative estimate of drug-likeness (QED) is 0.497. The molecule has 1 unspecified atom stereocenters. The molecule has 0 aliphatic carbocycles. The molecule has 3 nitrogen and oxygen atoms in total. The molecule has 2 aromatic carbocycles. The number of esters is 1. The van der Waals surface area contributed by atoms with Crippen LogP contribution >= 0.6 is 47.8 Å². The fourth-order valence-corrected chi connectivity index (χ4v) is 4.02. The minimum atomic E-state index is -0.513. The van der Waals surface area contributed by atoms with Crippen molar-refractivity contribution in [3.8, 4) is 5.75 Å². The molecule has 1 atom stereocenters. The van der Waals surface area contributed by atoms with Crippen LogP contribution in [0.15, 0.2) is 55.4 Å². The highest BCUT2D eigenvalue weighted by atomic mass is 79.9. The summed E-state index contributed by atoms with van der Waals surface area (Å²) < 4.78 is 13.7. The Kier molecular flexibility index (Phi) is 4.94. The summed E-state index contributed by atoms with van der Waals surface area (Å²) in [5, 5.41) is 0. The highest BCUT2D eigenvalue weighted by molar-refractivity contribution is 9.11. The minimum Gasteiger partial charge on any atom is -0.479 e. The minimum absolute atomic E-state index is 0.403. The highest BCUT2D eigenvalue weighted by Crippen LogP contribution is 2.43. The molecule has 0 radical (unpaired) electrons. The lowest BCUT2D eigenvalue weighted by molar-refractivity contribution is -0.137. The molecule has 0 amide bonds. The van der Waals surface area contributed by atoms with E-state index in [1.807, 2.05) is 42.5 Å². The molecule has 1 aliphatic rings. The van der Waals surface area contributed by atoms with Gasteiger partial charge in [0.05, 0.1) is 17.2 Å². The van der Waals surface area contributed by atoms with Crippen LogP contribution in [0.4, 0.5) is 0 Å². The summed E-state index contributed by atoms with van der Waals surface area (Å²) in [6.45, 7) is 0. The van der Waals surface area contributed by atoms with Crippen molar-refractivity contribution < 1.29 is 14.3 Å². The Labute approximate surface area is 159 Å². The van der Waals surface area contributed by atoms with Crippen LogP contribution in [0, 0.1) is 0 Å². The van der Waals surface area contributed by atoms with Gasteiger partial charge in [-0.05, 0) is 51.8 Å². The van der Waals surface area contributed by atoms with Crippen LogP contribution in [0.5, 0.6) is 5.75 Å². The second-order valence-electron chi connectivity index (χ2n) is 4.95. The van der Waals surface area contributed by atoms with Gasteiger partial charge in [0.15, 0.2) is 6.10 Å². The molecule has 2 aromatic rings. The van der Waals surface area contributed by atoms with Crippen molar-refractivity contribution in [3.63, 3.8) is 0 Å². The van der Waals surface area contributed by atoms with E-state index in [4.69, 9.17) is 9.47 Å². The molecule has 1 heterocycles. The van der Waals surface area contributed by atoms with E-state index in [1.54, 1.807) is 0 Å². The number of methoxy groups -OCH3 is 1. The number of carbonyl (C=O) groups is 1. The monoisotopic (exact) mass is 500 g/mol. The Morgan fingerprint density at radius 1 is 1.09 bits per heavy atom. The number of benzene rings is 2. The molecule has 6 heteroatoms. The predicted molar refractivity (Wildman–Crippen MR) is 99.3 cm³/mol. The molecule has 3 rings (SSSR count). The third-order valence-corrected chi connectivity index (χ3v) is 5.04. The third kappa shape index (κ3) is 3.39. The Morgan fingerprint density at radius 2 is 1.78 bits per heavy atom. The number of halogens is 3. The van der Waals surface area contributed by atoms with Crippen LogP contribution in [-0.2, 0) is 9.53 Å². The first-order valence-electron chi connectivity index (χ1n) is 6.70. The average Bonchev–Trinajstić information content (AvgIpc) is 2.54. The van der Waals surface area contributed by atoms with Crippen molar-refractivity contribution in [2.45, 2.75) is 6.10 Å². The molecular formula is C17H11Br3O3. The van der Waals surface area contributed by atoms with Gasteiger partial charge in [-0.25, -0.2) is 4.79 Å². The molecule has 0 fully saturated rings. The van der Waals surface area contributed by atoms with Crippen LogP contribution in [0.1, 0.15) is 17.2 Å². The molecule has 1 aliphatic heterocycles. The van der Waals surface area contributed by atoms with Crippen LogP contribution in [-0.4, -0.2) is 13.1 Å². The van der Waals surface area contributed by atoms with Gasteiger partial charge in [-0.15, -0.1) is 0 Å². The Morgan fingerprint density at radius 3 is 2.43 bits per heavy atom. The van der Waals surface area contributed by atoms with Gasteiger partial charge in [0, 0.05) is 14.5 Å². The molecule has 0 saturated carbocycles. The summed E-state index contributed by atoms with van der Waals surface area (Å²) in [5.41, 5.74) is 2.16. The molecule has 0 bridgehead atoms. The Balaban J connectivity index is 2.13. The second-order valence-corrected chi connectivity index (χ2v) is 7.63. The van der Waals surface area contributed by atoms with Crippen molar-refractivity contribution in [1.82, 2.24) is 0 Å². The van der Waals surface area contributed by atoms with E-state index >= 15 is 0 Å². The van der Waals surface area contributed by atoms with Crippen molar-refractivity contribution >= 4 is 59.8 Å². The van der Waals surface area contributed by atoms with Gasteiger partial charge in [0.25, 0.3) is 0 Å². The SMILES string of the molecule is COC(=O)C1=Cc2cc(Br)cc(Br)c2OC1c1ccc(Br)cc1. The van der Waals surface area contributed by atoms with Crippen molar-refractivity contribution in [1.29, 1.82) is 0 Å². The number of ether oxygens (including phenoxy) is 2. The van der Waals surface area contributed by atoms with Crippen molar-refractivity contribution in [2.24, 2.45) is 0 Å². The maximum absolute atomic E-state index is 12.2. The molecule has 118 valence electrons. The van der Waals surface area contributed by atoms with E-state index in [0.717, 1.165) is 24.5 Å². The fraction of sp³-hybridized carbons (Fsp3) is 0.118. The zero-order chi connectivity index (χ0) is 16.6. The van der Waals surface area contributed by atoms with E-state index in [1.165, 1.54) is 7.11 Å². The maximum Gasteiger partial charge on any atom is 0.337 e. The highest BCUT2D eigenvalue weighted by Gasteiger charge is 2.31. The number of hydrogen-bond acceptors (Lipinski definition) is 3. The molecule has 0 spiro atoms. The Bertz CT molecular complexity index is 797. The van der Waals surface area contributed by atoms with E-state index in [-0.39, 0.29) is 0 Å². The first-order chi connectivity index (χ1) is 11.0. The fourth-order valence-electron chi connectivity index (χ4n) is 2.41. The third-order valence-electron chi connectivity index (χ3n) is 3.46. The zero-order valence-corrected chi connectivity index (χ0v) is 16.7. The smallest absolute Gasteiger partial charge is 0.337 e. The lowest BCUT2D eigenvalue weighted by Gasteiger charge is -2.27. The lowest BCUT2D eigenvalue weighted by Crippen LogP contribution is -2.21. The van der Waals surface area contributed by atoms with Gasteiger partial charge in [0.1, 0.15) is 5.75 Å². The van der Waals surface area contributed by atoms with E-state index < -0.39 is 12.1 Å². The van der Waals surface area contributed by atoms with Crippen LogP contribution < -0.4 is 4.74 Å². The second kappa shape index (κ2) is 6.79. The van der Waals surface area contributed by atoms with Crippen LogP contribution in [0.3, 0.4) is 0 Å². The standard InChI is InChI=1S/C17H11Br3O3/c1-22-17(21)13-7-10-6-12(19)8-14(20)16(10)23-15(13)9-2-4-11(18)5-3-9/h2-8,15H,1H3. The van der Waals surface area contributed by atoms with Gasteiger partial charge in [-0.1, -0.05) is 44.0 Å². The van der Waals surface area contributed by atoms with Crippen molar-refractivity contribution in [2.75, 3.05) is 7.11 Å². The Hall–Kier alpha value is -1.11. The first-order valence-corrected chi connectivity index (χ1v) is 9.08.